The molecule has 0 spiro atoms. The van der Waals surface area contributed by atoms with Gasteiger partial charge in [0.25, 0.3) is 0 Å². The standard InChI is InChI=1S/C18H20N2O2S/c21-17(19-16-9-5-2-6-10-16)20-13-11-18(23-22,12-14-20)15-7-3-1-4-8-15/h1-10,22H,11-14H2,(H,19,21). The molecule has 5 heteroatoms. The van der Waals surface area contributed by atoms with E-state index in [1.165, 1.54) is 0 Å². The summed E-state index contributed by atoms with van der Waals surface area (Å²) in [5.41, 5.74) is 1.92. The highest BCUT2D eigenvalue weighted by Gasteiger charge is 2.38. The van der Waals surface area contributed by atoms with Crippen molar-refractivity contribution in [1.82, 2.24) is 4.90 Å². The van der Waals surface area contributed by atoms with Crippen LogP contribution in [0.3, 0.4) is 0 Å². The average molecular weight is 328 g/mol. The van der Waals surface area contributed by atoms with Crippen LogP contribution in [0.1, 0.15) is 18.4 Å². The Balaban J connectivity index is 1.64. The number of hydrogen-bond acceptors (Lipinski definition) is 3. The number of para-hydroxylation sites is 1. The summed E-state index contributed by atoms with van der Waals surface area (Å²) in [6, 6.07) is 19.4. The van der Waals surface area contributed by atoms with Crippen molar-refractivity contribution >= 4 is 23.8 Å². The number of urea groups is 1. The van der Waals surface area contributed by atoms with Crippen LogP contribution in [0.4, 0.5) is 10.5 Å². The van der Waals surface area contributed by atoms with E-state index in [4.69, 9.17) is 0 Å². The number of hydrogen-bond donors (Lipinski definition) is 2. The lowest BCUT2D eigenvalue weighted by molar-refractivity contribution is 0.189. The summed E-state index contributed by atoms with van der Waals surface area (Å²) in [6.07, 6.45) is 1.47. The van der Waals surface area contributed by atoms with Crippen molar-refractivity contribution in [2.45, 2.75) is 17.6 Å². The van der Waals surface area contributed by atoms with Gasteiger partial charge in [-0.3, -0.25) is 0 Å². The van der Waals surface area contributed by atoms with Crippen molar-refractivity contribution < 1.29 is 9.35 Å². The monoisotopic (exact) mass is 328 g/mol. The molecule has 0 unspecified atom stereocenters. The van der Waals surface area contributed by atoms with Gasteiger partial charge in [-0.15, -0.1) is 0 Å². The van der Waals surface area contributed by atoms with Gasteiger partial charge in [-0.25, -0.2) is 4.79 Å². The number of benzene rings is 2. The Hall–Kier alpha value is -1.98. The van der Waals surface area contributed by atoms with Gasteiger partial charge < -0.3 is 14.8 Å². The molecule has 1 heterocycles. The van der Waals surface area contributed by atoms with E-state index >= 15 is 0 Å². The van der Waals surface area contributed by atoms with Gasteiger partial charge in [-0.05, 0) is 42.6 Å². The third-order valence-corrected chi connectivity index (χ3v) is 5.35. The molecule has 0 aromatic heterocycles. The third kappa shape index (κ3) is 3.51. The van der Waals surface area contributed by atoms with Crippen LogP contribution >= 0.6 is 12.0 Å². The van der Waals surface area contributed by atoms with E-state index in [2.05, 4.69) is 5.32 Å². The molecule has 1 aliphatic rings. The normalized spacial score (nSPS) is 16.8. The summed E-state index contributed by atoms with van der Waals surface area (Å²) in [4.78, 5) is 14.2. The molecule has 1 fully saturated rings. The van der Waals surface area contributed by atoms with E-state index in [9.17, 15) is 9.35 Å². The molecule has 23 heavy (non-hydrogen) atoms. The Morgan fingerprint density at radius 2 is 1.57 bits per heavy atom. The van der Waals surface area contributed by atoms with Crippen LogP contribution < -0.4 is 5.32 Å². The lowest BCUT2D eigenvalue weighted by Gasteiger charge is -2.40. The van der Waals surface area contributed by atoms with Gasteiger partial charge in [0.1, 0.15) is 0 Å². The SMILES string of the molecule is O=C(Nc1ccccc1)N1CCC(SO)(c2ccccc2)CC1. The van der Waals surface area contributed by atoms with Crippen LogP contribution in [0.2, 0.25) is 0 Å². The Morgan fingerprint density at radius 3 is 2.13 bits per heavy atom. The fourth-order valence-electron chi connectivity index (χ4n) is 2.97. The molecule has 0 atom stereocenters. The summed E-state index contributed by atoms with van der Waals surface area (Å²) in [7, 11) is 0. The van der Waals surface area contributed by atoms with Gasteiger partial charge in [-0.2, -0.15) is 0 Å². The van der Waals surface area contributed by atoms with Crippen LogP contribution in [0, 0.1) is 0 Å². The molecule has 0 aliphatic carbocycles. The molecule has 0 bridgehead atoms. The van der Waals surface area contributed by atoms with Crippen LogP contribution in [0.25, 0.3) is 0 Å². The summed E-state index contributed by atoms with van der Waals surface area (Å²) < 4.78 is 9.54. The zero-order valence-corrected chi connectivity index (χ0v) is 13.6. The molecule has 3 rings (SSSR count). The van der Waals surface area contributed by atoms with Gasteiger partial charge in [0.15, 0.2) is 0 Å². The minimum atomic E-state index is -0.315. The zero-order chi connectivity index (χ0) is 16.1. The molecule has 2 N–H and O–H groups in total. The number of likely N-dealkylation sites (tertiary alicyclic amines) is 1. The summed E-state index contributed by atoms with van der Waals surface area (Å²) >= 11 is 0.906. The Kier molecular flexibility index (Phi) is 4.88. The van der Waals surface area contributed by atoms with Gasteiger partial charge in [0, 0.05) is 18.8 Å². The largest absolute Gasteiger partial charge is 0.329 e. The molecule has 0 saturated carbocycles. The van der Waals surface area contributed by atoms with Crippen molar-refractivity contribution in [3.05, 3.63) is 66.2 Å². The van der Waals surface area contributed by atoms with Gasteiger partial charge in [0.05, 0.1) is 4.75 Å². The van der Waals surface area contributed by atoms with Crippen LogP contribution in [-0.4, -0.2) is 28.6 Å². The smallest absolute Gasteiger partial charge is 0.321 e. The number of anilines is 1. The second kappa shape index (κ2) is 7.06. The lowest BCUT2D eigenvalue weighted by Crippen LogP contribution is -2.45. The van der Waals surface area contributed by atoms with Crippen LogP contribution in [-0.2, 0) is 4.75 Å². The number of nitrogens with one attached hydrogen (secondary N) is 1. The van der Waals surface area contributed by atoms with Crippen LogP contribution in [0.5, 0.6) is 0 Å². The molecule has 0 radical (unpaired) electrons. The number of amides is 2. The second-order valence-electron chi connectivity index (χ2n) is 5.73. The lowest BCUT2D eigenvalue weighted by atomic mass is 9.88. The maximum atomic E-state index is 12.3. The fourth-order valence-corrected chi connectivity index (χ4v) is 3.58. The molecule has 1 saturated heterocycles. The Morgan fingerprint density at radius 1 is 1.00 bits per heavy atom. The molecule has 2 amide bonds. The average Bonchev–Trinajstić information content (AvgIpc) is 2.63. The molecule has 2 aromatic rings. The molecule has 2 aromatic carbocycles. The number of piperidine rings is 1. The summed E-state index contributed by atoms with van der Waals surface area (Å²) in [6.45, 7) is 1.25. The number of carbonyl (C=O) groups is 1. The maximum absolute atomic E-state index is 12.3. The van der Waals surface area contributed by atoms with E-state index < -0.39 is 0 Å². The summed E-state index contributed by atoms with van der Waals surface area (Å²) in [5, 5.41) is 2.91. The van der Waals surface area contributed by atoms with Crippen molar-refractivity contribution in [2.24, 2.45) is 0 Å². The first-order chi connectivity index (χ1) is 11.2. The van der Waals surface area contributed by atoms with Crippen molar-refractivity contribution in [3.8, 4) is 0 Å². The molecular formula is C18H20N2O2S. The minimum absolute atomic E-state index is 0.0826. The quantitative estimate of drug-likeness (QED) is 0.820. The van der Waals surface area contributed by atoms with E-state index in [1.807, 2.05) is 65.6 Å². The van der Waals surface area contributed by atoms with Crippen molar-refractivity contribution in [3.63, 3.8) is 0 Å². The molecule has 4 nitrogen and oxygen atoms in total. The van der Waals surface area contributed by atoms with E-state index in [1.54, 1.807) is 0 Å². The predicted octanol–water partition coefficient (Wildman–Crippen LogP) is 4.42. The highest BCUT2D eigenvalue weighted by Crippen LogP contribution is 2.43. The highest BCUT2D eigenvalue weighted by atomic mass is 32.2. The van der Waals surface area contributed by atoms with E-state index in [0.717, 1.165) is 36.1 Å². The predicted molar refractivity (Wildman–Crippen MR) is 94.6 cm³/mol. The van der Waals surface area contributed by atoms with Crippen molar-refractivity contribution in [1.29, 1.82) is 0 Å². The molecule has 1 aliphatic heterocycles. The summed E-state index contributed by atoms with van der Waals surface area (Å²) in [5.74, 6) is 0. The molecular weight excluding hydrogens is 308 g/mol. The van der Waals surface area contributed by atoms with E-state index in [0.29, 0.717) is 13.1 Å². The van der Waals surface area contributed by atoms with Gasteiger partial charge in [0.2, 0.25) is 0 Å². The first-order valence-corrected chi connectivity index (χ1v) is 8.50. The highest BCUT2D eigenvalue weighted by molar-refractivity contribution is 7.94. The first kappa shape index (κ1) is 15.9. The van der Waals surface area contributed by atoms with E-state index in [-0.39, 0.29) is 10.8 Å². The third-order valence-electron chi connectivity index (χ3n) is 4.36. The van der Waals surface area contributed by atoms with Crippen LogP contribution in [0.15, 0.2) is 60.7 Å². The molecule has 120 valence electrons. The topological polar surface area (TPSA) is 52.6 Å². The second-order valence-corrected chi connectivity index (χ2v) is 6.70. The maximum Gasteiger partial charge on any atom is 0.321 e. The van der Waals surface area contributed by atoms with Gasteiger partial charge in [-0.1, -0.05) is 48.5 Å². The zero-order valence-electron chi connectivity index (χ0n) is 12.8. The minimum Gasteiger partial charge on any atom is -0.329 e. The fraction of sp³-hybridized carbons (Fsp3) is 0.278. The first-order valence-electron chi connectivity index (χ1n) is 7.73. The number of rotatable bonds is 3. The van der Waals surface area contributed by atoms with Gasteiger partial charge >= 0.3 is 6.03 Å². The van der Waals surface area contributed by atoms with Crippen molar-refractivity contribution in [2.75, 3.05) is 18.4 Å². The Labute approximate surface area is 140 Å². The number of nitrogens with zero attached hydrogens (tertiary/aromatic N) is 1. The Bertz CT molecular complexity index is 641. The number of carbonyl (C=O) groups excluding carboxylic acids is 1.